The minimum absolute atomic E-state index is 0.227. The van der Waals surface area contributed by atoms with Gasteiger partial charge in [-0.2, -0.15) is 11.8 Å². The Balaban J connectivity index is 3.19. The van der Waals surface area contributed by atoms with E-state index in [1.807, 2.05) is 0 Å². The smallest absolute Gasteiger partial charge is 0.333 e. The Hall–Kier alpha value is -0.970. The predicted octanol–water partition coefficient (Wildman–Crippen LogP) is 2.09. The molecule has 5 heteroatoms. The SMILES string of the molecule is C=C(C)C(=O)OCCSCCCCC(=O)O. The van der Waals surface area contributed by atoms with Gasteiger partial charge in [0.25, 0.3) is 0 Å². The van der Waals surface area contributed by atoms with Crippen LogP contribution in [0.15, 0.2) is 12.2 Å². The van der Waals surface area contributed by atoms with Crippen LogP contribution >= 0.6 is 11.8 Å². The third-order valence-electron chi connectivity index (χ3n) is 1.74. The second-order valence-corrected chi connectivity index (χ2v) is 4.60. The van der Waals surface area contributed by atoms with Gasteiger partial charge in [0.2, 0.25) is 0 Å². The van der Waals surface area contributed by atoms with E-state index in [0.717, 1.165) is 17.9 Å². The Kier molecular flexibility index (Phi) is 8.71. The molecule has 0 aromatic heterocycles. The fraction of sp³-hybridized carbons (Fsp3) is 0.636. The molecule has 4 nitrogen and oxygen atoms in total. The summed E-state index contributed by atoms with van der Waals surface area (Å²) < 4.78 is 4.89. The van der Waals surface area contributed by atoms with Gasteiger partial charge in [0.15, 0.2) is 0 Å². The van der Waals surface area contributed by atoms with Crippen molar-refractivity contribution >= 4 is 23.7 Å². The molecule has 0 bridgehead atoms. The molecular weight excluding hydrogens is 228 g/mol. The largest absolute Gasteiger partial charge is 0.481 e. The summed E-state index contributed by atoms with van der Waals surface area (Å²) in [5.41, 5.74) is 0.409. The van der Waals surface area contributed by atoms with Gasteiger partial charge in [-0.05, 0) is 25.5 Å². The fourth-order valence-electron chi connectivity index (χ4n) is 0.899. The summed E-state index contributed by atoms with van der Waals surface area (Å²) in [6, 6.07) is 0. The highest BCUT2D eigenvalue weighted by Crippen LogP contribution is 2.06. The second kappa shape index (κ2) is 9.27. The van der Waals surface area contributed by atoms with Crippen LogP contribution in [0.2, 0.25) is 0 Å². The zero-order valence-electron chi connectivity index (χ0n) is 9.53. The van der Waals surface area contributed by atoms with Crippen molar-refractivity contribution in [3.05, 3.63) is 12.2 Å². The van der Waals surface area contributed by atoms with E-state index in [9.17, 15) is 9.59 Å². The van der Waals surface area contributed by atoms with Gasteiger partial charge in [-0.25, -0.2) is 4.79 Å². The third kappa shape index (κ3) is 9.58. The molecule has 0 spiro atoms. The Labute approximate surface area is 100 Å². The van der Waals surface area contributed by atoms with Crippen LogP contribution < -0.4 is 0 Å². The van der Waals surface area contributed by atoms with Crippen LogP contribution in [-0.2, 0) is 14.3 Å². The van der Waals surface area contributed by atoms with Gasteiger partial charge < -0.3 is 9.84 Å². The van der Waals surface area contributed by atoms with Crippen molar-refractivity contribution in [3.8, 4) is 0 Å². The van der Waals surface area contributed by atoms with E-state index in [2.05, 4.69) is 6.58 Å². The molecule has 0 aromatic carbocycles. The van der Waals surface area contributed by atoms with Crippen LogP contribution in [0, 0.1) is 0 Å². The molecule has 0 unspecified atom stereocenters. The average Bonchev–Trinajstić information content (AvgIpc) is 2.21. The number of carboxylic acid groups (broad SMARTS) is 1. The third-order valence-corrected chi connectivity index (χ3v) is 2.77. The quantitative estimate of drug-likeness (QED) is 0.383. The molecule has 0 saturated carbocycles. The van der Waals surface area contributed by atoms with Crippen molar-refractivity contribution in [2.24, 2.45) is 0 Å². The van der Waals surface area contributed by atoms with E-state index in [1.165, 1.54) is 0 Å². The Morgan fingerprint density at radius 3 is 2.56 bits per heavy atom. The lowest BCUT2D eigenvalue weighted by Crippen LogP contribution is -2.07. The van der Waals surface area contributed by atoms with Gasteiger partial charge in [-0.1, -0.05) is 6.58 Å². The molecule has 0 aliphatic carbocycles. The number of carbonyl (C=O) groups excluding carboxylic acids is 1. The monoisotopic (exact) mass is 246 g/mol. The molecule has 0 aliphatic rings. The van der Waals surface area contributed by atoms with Gasteiger partial charge >= 0.3 is 11.9 Å². The number of ether oxygens (including phenoxy) is 1. The standard InChI is InChI=1S/C11H18O4S/c1-9(2)11(14)15-6-8-16-7-4-3-5-10(12)13/h1,3-8H2,2H3,(H,12,13). The molecule has 1 N–H and O–H groups in total. The van der Waals surface area contributed by atoms with Crippen molar-refractivity contribution < 1.29 is 19.4 Å². The van der Waals surface area contributed by atoms with E-state index in [1.54, 1.807) is 18.7 Å². The number of unbranched alkanes of at least 4 members (excludes halogenated alkanes) is 1. The molecule has 0 aromatic rings. The zero-order chi connectivity index (χ0) is 12.4. The molecule has 0 amide bonds. The molecule has 0 radical (unpaired) electrons. The number of carbonyl (C=O) groups is 2. The van der Waals surface area contributed by atoms with E-state index >= 15 is 0 Å². The lowest BCUT2D eigenvalue weighted by molar-refractivity contribution is -0.138. The molecule has 0 atom stereocenters. The van der Waals surface area contributed by atoms with Crippen molar-refractivity contribution in [1.82, 2.24) is 0 Å². The summed E-state index contributed by atoms with van der Waals surface area (Å²) >= 11 is 1.66. The van der Waals surface area contributed by atoms with Crippen molar-refractivity contribution in [2.75, 3.05) is 18.1 Å². The van der Waals surface area contributed by atoms with E-state index in [4.69, 9.17) is 9.84 Å². The summed E-state index contributed by atoms with van der Waals surface area (Å²) in [5.74, 6) is 0.538. The summed E-state index contributed by atoms with van der Waals surface area (Å²) in [4.78, 5) is 21.2. The molecule has 0 heterocycles. The highest BCUT2D eigenvalue weighted by Gasteiger charge is 2.02. The Bertz CT molecular complexity index is 250. The van der Waals surface area contributed by atoms with Crippen LogP contribution in [0.1, 0.15) is 26.2 Å². The molecule has 0 aliphatic heterocycles. The Morgan fingerprint density at radius 2 is 2.00 bits per heavy atom. The molecule has 0 fully saturated rings. The molecular formula is C11H18O4S. The number of carboxylic acids is 1. The first kappa shape index (κ1) is 15.0. The van der Waals surface area contributed by atoms with Crippen LogP contribution in [0.5, 0.6) is 0 Å². The van der Waals surface area contributed by atoms with Crippen molar-refractivity contribution in [1.29, 1.82) is 0 Å². The highest BCUT2D eigenvalue weighted by molar-refractivity contribution is 7.99. The van der Waals surface area contributed by atoms with Crippen molar-refractivity contribution in [3.63, 3.8) is 0 Å². The first-order chi connectivity index (χ1) is 7.54. The fourth-order valence-corrected chi connectivity index (χ4v) is 1.71. The minimum atomic E-state index is -0.750. The summed E-state index contributed by atoms with van der Waals surface area (Å²) in [6.45, 7) is 5.47. The maximum atomic E-state index is 11.0. The molecule has 16 heavy (non-hydrogen) atoms. The molecule has 92 valence electrons. The van der Waals surface area contributed by atoms with E-state index in [-0.39, 0.29) is 12.4 Å². The lowest BCUT2D eigenvalue weighted by Gasteiger charge is -2.03. The van der Waals surface area contributed by atoms with Crippen LogP contribution in [0.25, 0.3) is 0 Å². The van der Waals surface area contributed by atoms with E-state index < -0.39 is 5.97 Å². The van der Waals surface area contributed by atoms with Crippen LogP contribution in [-0.4, -0.2) is 35.2 Å². The summed E-state index contributed by atoms with van der Waals surface area (Å²) in [7, 11) is 0. The minimum Gasteiger partial charge on any atom is -0.481 e. The molecule has 0 saturated heterocycles. The van der Waals surface area contributed by atoms with Crippen LogP contribution in [0.3, 0.4) is 0 Å². The van der Waals surface area contributed by atoms with Crippen LogP contribution in [0.4, 0.5) is 0 Å². The topological polar surface area (TPSA) is 63.6 Å². The van der Waals surface area contributed by atoms with Gasteiger partial charge in [0, 0.05) is 17.7 Å². The number of aliphatic carboxylic acids is 1. The number of hydrogen-bond acceptors (Lipinski definition) is 4. The first-order valence-electron chi connectivity index (χ1n) is 5.16. The maximum absolute atomic E-state index is 11.0. The number of hydrogen-bond donors (Lipinski definition) is 1. The normalized spacial score (nSPS) is 9.81. The number of thioether (sulfide) groups is 1. The predicted molar refractivity (Wildman–Crippen MR) is 64.6 cm³/mol. The zero-order valence-corrected chi connectivity index (χ0v) is 10.3. The second-order valence-electron chi connectivity index (χ2n) is 3.38. The average molecular weight is 246 g/mol. The number of esters is 1. The number of rotatable bonds is 9. The van der Waals surface area contributed by atoms with E-state index in [0.29, 0.717) is 18.6 Å². The van der Waals surface area contributed by atoms with Gasteiger partial charge in [0.05, 0.1) is 0 Å². The summed E-state index contributed by atoms with van der Waals surface area (Å²) in [5, 5.41) is 8.39. The summed E-state index contributed by atoms with van der Waals surface area (Å²) in [6.07, 6.45) is 1.81. The first-order valence-corrected chi connectivity index (χ1v) is 6.31. The lowest BCUT2D eigenvalue weighted by atomic mass is 10.3. The highest BCUT2D eigenvalue weighted by atomic mass is 32.2. The van der Waals surface area contributed by atoms with Gasteiger partial charge in [0.1, 0.15) is 6.61 Å². The van der Waals surface area contributed by atoms with Gasteiger partial charge in [-0.3, -0.25) is 4.79 Å². The van der Waals surface area contributed by atoms with Gasteiger partial charge in [-0.15, -0.1) is 0 Å². The maximum Gasteiger partial charge on any atom is 0.333 e. The Morgan fingerprint density at radius 1 is 1.31 bits per heavy atom. The van der Waals surface area contributed by atoms with Crippen molar-refractivity contribution in [2.45, 2.75) is 26.2 Å². The molecule has 0 rings (SSSR count).